The van der Waals surface area contributed by atoms with Gasteiger partial charge in [0.2, 0.25) is 0 Å². The van der Waals surface area contributed by atoms with Gasteiger partial charge >= 0.3 is 0 Å². The van der Waals surface area contributed by atoms with E-state index >= 15 is 0 Å². The summed E-state index contributed by atoms with van der Waals surface area (Å²) >= 11 is 12.5. The Hall–Kier alpha value is -1.28. The molecule has 1 aliphatic rings. The highest BCUT2D eigenvalue weighted by Gasteiger charge is 2.29. The third-order valence-electron chi connectivity index (χ3n) is 6.30. The summed E-state index contributed by atoms with van der Waals surface area (Å²) < 4.78 is 0. The van der Waals surface area contributed by atoms with Crippen LogP contribution < -0.4 is 0 Å². The molecule has 2 aromatic carbocycles. The number of fused-ring (bicyclic) bond motifs is 1. The van der Waals surface area contributed by atoms with Gasteiger partial charge in [0.25, 0.3) is 0 Å². The van der Waals surface area contributed by atoms with Gasteiger partial charge in [0.1, 0.15) is 0 Å². The monoisotopic (exact) mass is 460 g/mol. The fourth-order valence-corrected chi connectivity index (χ4v) is 4.75. The molecule has 0 aliphatic heterocycles. The summed E-state index contributed by atoms with van der Waals surface area (Å²) in [4.78, 5) is 0. The Kier molecular flexibility index (Phi) is 11.2. The molecule has 0 radical (unpaired) electrons. The van der Waals surface area contributed by atoms with Crippen molar-refractivity contribution in [3.05, 3.63) is 74.8 Å². The van der Waals surface area contributed by atoms with Crippen molar-refractivity contribution < 1.29 is 5.11 Å². The molecule has 1 aliphatic carbocycles. The first-order chi connectivity index (χ1) is 15.0. The lowest BCUT2D eigenvalue weighted by Crippen LogP contribution is -2.17. The minimum absolute atomic E-state index is 0.247. The zero-order valence-corrected chi connectivity index (χ0v) is 21.0. The molecular formula is C28H38Cl2O. The molecule has 1 nitrogen and oxygen atoms in total. The van der Waals surface area contributed by atoms with Crippen LogP contribution >= 0.6 is 23.2 Å². The zero-order valence-electron chi connectivity index (χ0n) is 19.5. The molecule has 0 amide bonds. The van der Waals surface area contributed by atoms with Gasteiger partial charge in [-0.25, -0.2) is 0 Å². The van der Waals surface area contributed by atoms with Crippen LogP contribution in [0.2, 0.25) is 10.0 Å². The van der Waals surface area contributed by atoms with E-state index in [1.165, 1.54) is 41.5 Å². The molecule has 170 valence electrons. The number of rotatable bonds is 8. The fraction of sp³-hybridized carbons (Fsp3) is 0.500. The van der Waals surface area contributed by atoms with Gasteiger partial charge in [0.15, 0.2) is 0 Å². The molecule has 0 saturated heterocycles. The van der Waals surface area contributed by atoms with Gasteiger partial charge in [-0.2, -0.15) is 0 Å². The normalized spacial score (nSPS) is 18.9. The number of aliphatic hydroxyl groups excluding tert-OH is 1. The van der Waals surface area contributed by atoms with Gasteiger partial charge < -0.3 is 5.11 Å². The molecule has 3 rings (SSSR count). The first-order valence-corrected chi connectivity index (χ1v) is 12.6. The van der Waals surface area contributed by atoms with E-state index in [-0.39, 0.29) is 6.61 Å². The van der Waals surface area contributed by atoms with Crippen molar-refractivity contribution in [1.82, 2.24) is 0 Å². The smallest absolute Gasteiger partial charge is 0.0595 e. The number of halogens is 2. The van der Waals surface area contributed by atoms with E-state index in [2.05, 4.69) is 50.3 Å². The summed E-state index contributed by atoms with van der Waals surface area (Å²) in [6.45, 7) is 8.90. The predicted molar refractivity (Wildman–Crippen MR) is 137 cm³/mol. The van der Waals surface area contributed by atoms with E-state index in [9.17, 15) is 0 Å². The van der Waals surface area contributed by atoms with Crippen LogP contribution in [0.3, 0.4) is 0 Å². The maximum Gasteiger partial charge on any atom is 0.0595 e. The third-order valence-corrected chi connectivity index (χ3v) is 7.04. The SMILES string of the molecule is CC.CCC(C)CC1CCC(c2ccc(Cl)c(Cl)c2)c2ccc(/C=C/CCCO)cc21. The molecule has 0 spiro atoms. The van der Waals surface area contributed by atoms with Crippen molar-refractivity contribution in [2.45, 2.75) is 78.1 Å². The summed E-state index contributed by atoms with van der Waals surface area (Å²) in [7, 11) is 0. The lowest BCUT2D eigenvalue weighted by molar-refractivity contribution is 0.290. The lowest BCUT2D eigenvalue weighted by Gasteiger charge is -2.33. The number of aliphatic hydroxyl groups is 1. The number of unbranched alkanes of at least 4 members (excludes halogenated alkanes) is 1. The lowest BCUT2D eigenvalue weighted by atomic mass is 9.71. The largest absolute Gasteiger partial charge is 0.396 e. The van der Waals surface area contributed by atoms with Crippen molar-refractivity contribution in [1.29, 1.82) is 0 Å². The highest BCUT2D eigenvalue weighted by Crippen LogP contribution is 2.46. The first-order valence-electron chi connectivity index (χ1n) is 11.9. The predicted octanol–water partition coefficient (Wildman–Crippen LogP) is 9.25. The summed E-state index contributed by atoms with van der Waals surface area (Å²) in [5.74, 6) is 1.73. The van der Waals surface area contributed by atoms with Gasteiger partial charge in [-0.3, -0.25) is 0 Å². The Morgan fingerprint density at radius 1 is 1.03 bits per heavy atom. The second-order valence-electron chi connectivity index (χ2n) is 8.41. The van der Waals surface area contributed by atoms with Crippen LogP contribution in [0.5, 0.6) is 0 Å². The van der Waals surface area contributed by atoms with E-state index in [0.717, 1.165) is 25.2 Å². The molecule has 3 unspecified atom stereocenters. The summed E-state index contributed by atoms with van der Waals surface area (Å²) in [5.41, 5.74) is 5.45. The van der Waals surface area contributed by atoms with E-state index in [1.807, 2.05) is 26.0 Å². The molecule has 3 atom stereocenters. The maximum absolute atomic E-state index is 8.99. The van der Waals surface area contributed by atoms with Crippen LogP contribution in [-0.2, 0) is 0 Å². The fourth-order valence-electron chi connectivity index (χ4n) is 4.45. The molecule has 0 fully saturated rings. The minimum Gasteiger partial charge on any atom is -0.396 e. The first kappa shape index (κ1) is 26.0. The van der Waals surface area contributed by atoms with Gasteiger partial charge in [-0.15, -0.1) is 0 Å². The number of hydrogen-bond donors (Lipinski definition) is 1. The number of hydrogen-bond acceptors (Lipinski definition) is 1. The Morgan fingerprint density at radius 2 is 1.81 bits per heavy atom. The van der Waals surface area contributed by atoms with Crippen molar-refractivity contribution in [2.24, 2.45) is 5.92 Å². The zero-order chi connectivity index (χ0) is 22.8. The maximum atomic E-state index is 8.99. The van der Waals surface area contributed by atoms with Gasteiger partial charge in [0.05, 0.1) is 10.0 Å². The highest BCUT2D eigenvalue weighted by atomic mass is 35.5. The van der Waals surface area contributed by atoms with Crippen molar-refractivity contribution in [3.63, 3.8) is 0 Å². The molecule has 1 N–H and O–H groups in total. The molecular weight excluding hydrogens is 423 g/mol. The molecule has 31 heavy (non-hydrogen) atoms. The molecule has 0 aromatic heterocycles. The van der Waals surface area contributed by atoms with E-state index in [4.69, 9.17) is 28.3 Å². The second kappa shape index (κ2) is 13.3. The van der Waals surface area contributed by atoms with Crippen molar-refractivity contribution in [3.8, 4) is 0 Å². The van der Waals surface area contributed by atoms with Crippen molar-refractivity contribution in [2.75, 3.05) is 6.61 Å². The molecule has 2 aromatic rings. The molecule has 0 saturated carbocycles. The van der Waals surface area contributed by atoms with E-state index < -0.39 is 0 Å². The van der Waals surface area contributed by atoms with Crippen LogP contribution in [-0.4, -0.2) is 11.7 Å². The van der Waals surface area contributed by atoms with Crippen LogP contribution in [0.15, 0.2) is 42.5 Å². The topological polar surface area (TPSA) is 20.2 Å². The van der Waals surface area contributed by atoms with E-state index in [1.54, 1.807) is 0 Å². The summed E-state index contributed by atoms with van der Waals surface area (Å²) in [6, 6.07) is 13.0. The molecule has 0 bridgehead atoms. The van der Waals surface area contributed by atoms with Crippen molar-refractivity contribution >= 4 is 29.3 Å². The Labute approximate surface area is 199 Å². The standard InChI is InChI=1S/C26H32Cl2O.C2H6/c1-3-18(2)15-20-9-12-22(21-10-13-25(27)26(28)17-21)23-11-8-19(16-24(20)23)7-5-4-6-14-29;1-2/h5,7-8,10-11,13,16-18,20,22,29H,3-4,6,9,12,14-15H2,1-2H3;1-2H3/b7-5+;. The van der Waals surface area contributed by atoms with E-state index in [0.29, 0.717) is 21.9 Å². The van der Waals surface area contributed by atoms with Crippen LogP contribution in [0.1, 0.15) is 100 Å². The molecule has 0 heterocycles. The molecule has 3 heteroatoms. The Balaban J connectivity index is 0.00000166. The van der Waals surface area contributed by atoms with Gasteiger partial charge in [0, 0.05) is 12.5 Å². The van der Waals surface area contributed by atoms with Gasteiger partial charge in [-0.05, 0) is 78.3 Å². The second-order valence-corrected chi connectivity index (χ2v) is 9.22. The number of allylic oxidation sites excluding steroid dienone is 1. The summed E-state index contributed by atoms with van der Waals surface area (Å²) in [6.07, 6.45) is 10.9. The summed E-state index contributed by atoms with van der Waals surface area (Å²) in [5, 5.41) is 10.2. The van der Waals surface area contributed by atoms with Crippen LogP contribution in [0, 0.1) is 5.92 Å². The van der Waals surface area contributed by atoms with Gasteiger partial charge in [-0.1, -0.05) is 93.7 Å². The average Bonchev–Trinajstić information content (AvgIpc) is 2.80. The quantitative estimate of drug-likeness (QED) is 0.388. The third kappa shape index (κ3) is 7.11. The number of benzene rings is 2. The Bertz CT molecular complexity index is 843. The van der Waals surface area contributed by atoms with Crippen LogP contribution in [0.4, 0.5) is 0 Å². The Morgan fingerprint density at radius 3 is 2.48 bits per heavy atom. The van der Waals surface area contributed by atoms with Crippen LogP contribution in [0.25, 0.3) is 6.08 Å². The highest BCUT2D eigenvalue weighted by molar-refractivity contribution is 6.42. The average molecular weight is 462 g/mol. The minimum atomic E-state index is 0.247.